The summed E-state index contributed by atoms with van der Waals surface area (Å²) < 4.78 is 14.9. The molecule has 0 bridgehead atoms. The zero-order chi connectivity index (χ0) is 14.3. The Morgan fingerprint density at radius 2 is 2.11 bits per heavy atom. The van der Waals surface area contributed by atoms with Crippen LogP contribution >= 0.6 is 18.1 Å². The van der Waals surface area contributed by atoms with Crippen molar-refractivity contribution in [1.29, 1.82) is 0 Å². The number of H-pyrrole nitrogens is 1. The second kappa shape index (κ2) is 7.72. The van der Waals surface area contributed by atoms with E-state index in [4.69, 9.17) is 11.2 Å². The Balaban J connectivity index is 0.000000224. The van der Waals surface area contributed by atoms with Gasteiger partial charge in [-0.25, -0.2) is 0 Å². The van der Waals surface area contributed by atoms with Gasteiger partial charge < -0.3 is 15.2 Å². The number of hydrogen-bond donors (Lipinski definition) is 3. The van der Waals surface area contributed by atoms with E-state index >= 15 is 0 Å². The third-order valence-corrected chi connectivity index (χ3v) is 5.59. The van der Waals surface area contributed by atoms with Gasteiger partial charge in [-0.05, 0) is 30.9 Å². The average Bonchev–Trinajstić information content (AvgIpc) is 2.84. The Hall–Kier alpha value is -0.780. The number of hydrogen-bond acceptors (Lipinski definition) is 4. The summed E-state index contributed by atoms with van der Waals surface area (Å²) >= 11 is 1.04. The maximum Gasteiger partial charge on any atom is 0.323 e. The number of rotatable bonds is 4. The zero-order valence-electron chi connectivity index (χ0n) is 11.1. The maximum atomic E-state index is 10.5. The van der Waals surface area contributed by atoms with Crippen molar-refractivity contribution < 1.29 is 9.09 Å². The van der Waals surface area contributed by atoms with E-state index in [1.54, 1.807) is 6.26 Å². The van der Waals surface area contributed by atoms with E-state index in [9.17, 15) is 4.57 Å². The van der Waals surface area contributed by atoms with Crippen molar-refractivity contribution in [3.63, 3.8) is 0 Å². The SMILES string of the molecule is COP(N)(=O)SC.NCCc1c[nH]c2ccccc12. The van der Waals surface area contributed by atoms with Gasteiger partial charge in [-0.3, -0.25) is 10.1 Å². The van der Waals surface area contributed by atoms with Gasteiger partial charge in [0.15, 0.2) is 0 Å². The normalized spacial score (nSPS) is 13.7. The Morgan fingerprint density at radius 3 is 2.63 bits per heavy atom. The first kappa shape index (κ1) is 16.3. The van der Waals surface area contributed by atoms with Crippen molar-refractivity contribution in [1.82, 2.24) is 4.98 Å². The molecule has 7 heteroatoms. The van der Waals surface area contributed by atoms with E-state index in [2.05, 4.69) is 27.7 Å². The molecule has 0 spiro atoms. The van der Waals surface area contributed by atoms with Crippen LogP contribution in [-0.4, -0.2) is 24.9 Å². The van der Waals surface area contributed by atoms with Gasteiger partial charge in [-0.15, -0.1) is 0 Å². The summed E-state index contributed by atoms with van der Waals surface area (Å²) in [7, 11) is 1.33. The lowest BCUT2D eigenvalue weighted by molar-refractivity contribution is 0.410. The van der Waals surface area contributed by atoms with E-state index in [-0.39, 0.29) is 0 Å². The molecule has 1 heterocycles. The summed E-state index contributed by atoms with van der Waals surface area (Å²) in [4.78, 5) is 3.22. The summed E-state index contributed by atoms with van der Waals surface area (Å²) in [5, 5.41) is 1.29. The Kier molecular flexibility index (Phi) is 6.62. The highest BCUT2D eigenvalue weighted by Crippen LogP contribution is 2.48. The third-order valence-electron chi connectivity index (χ3n) is 2.60. The van der Waals surface area contributed by atoms with Crippen molar-refractivity contribution in [3.8, 4) is 0 Å². The molecule has 1 unspecified atom stereocenters. The number of aromatic amines is 1. The molecule has 1 aromatic heterocycles. The fourth-order valence-electron chi connectivity index (χ4n) is 1.57. The Bertz CT molecular complexity index is 551. The van der Waals surface area contributed by atoms with Crippen molar-refractivity contribution in [2.24, 2.45) is 11.2 Å². The minimum Gasteiger partial charge on any atom is -0.361 e. The first-order valence-electron chi connectivity index (χ1n) is 5.79. The molecule has 2 aromatic rings. The molecule has 5 N–H and O–H groups in total. The van der Waals surface area contributed by atoms with Gasteiger partial charge in [0.05, 0.1) is 0 Å². The highest BCUT2D eigenvalue weighted by Gasteiger charge is 2.09. The predicted octanol–water partition coefficient (Wildman–Crippen LogP) is 2.73. The molecule has 2 rings (SSSR count). The molecule has 106 valence electrons. The van der Waals surface area contributed by atoms with Crippen LogP contribution < -0.4 is 11.2 Å². The minimum atomic E-state index is -2.74. The van der Waals surface area contributed by atoms with Gasteiger partial charge in [0.25, 0.3) is 0 Å². The molecule has 0 aliphatic heterocycles. The molecule has 0 radical (unpaired) electrons. The van der Waals surface area contributed by atoms with E-state index in [0.717, 1.165) is 17.8 Å². The minimum absolute atomic E-state index is 0.710. The quantitative estimate of drug-likeness (QED) is 0.755. The summed E-state index contributed by atoms with van der Waals surface area (Å²) in [6.45, 7) is -2.03. The van der Waals surface area contributed by atoms with E-state index in [1.165, 1.54) is 23.6 Å². The molecule has 1 atom stereocenters. The zero-order valence-corrected chi connectivity index (χ0v) is 12.8. The highest BCUT2D eigenvalue weighted by atomic mass is 32.7. The topological polar surface area (TPSA) is 94.1 Å². The smallest absolute Gasteiger partial charge is 0.323 e. The van der Waals surface area contributed by atoms with Crippen molar-refractivity contribution in [3.05, 3.63) is 36.0 Å². The van der Waals surface area contributed by atoms with Crippen LogP contribution in [0.3, 0.4) is 0 Å². The van der Waals surface area contributed by atoms with Crippen LogP contribution in [0.5, 0.6) is 0 Å². The van der Waals surface area contributed by atoms with Gasteiger partial charge >= 0.3 is 6.72 Å². The number of fused-ring (bicyclic) bond motifs is 1. The van der Waals surface area contributed by atoms with Crippen LogP contribution in [0, 0.1) is 0 Å². The largest absolute Gasteiger partial charge is 0.361 e. The maximum absolute atomic E-state index is 10.5. The number of nitrogens with two attached hydrogens (primary N) is 2. The van der Waals surface area contributed by atoms with E-state index < -0.39 is 6.72 Å². The highest BCUT2D eigenvalue weighted by molar-refractivity contribution is 8.55. The van der Waals surface area contributed by atoms with Crippen LogP contribution in [0.25, 0.3) is 10.9 Å². The number of para-hydroxylation sites is 1. The van der Waals surface area contributed by atoms with Gasteiger partial charge in [0.1, 0.15) is 0 Å². The van der Waals surface area contributed by atoms with Crippen LogP contribution in [0.2, 0.25) is 0 Å². The monoisotopic (exact) mass is 301 g/mol. The molecule has 1 aromatic carbocycles. The number of nitrogens with one attached hydrogen (secondary N) is 1. The van der Waals surface area contributed by atoms with Gasteiger partial charge in [-0.1, -0.05) is 29.6 Å². The average molecular weight is 301 g/mol. The van der Waals surface area contributed by atoms with Gasteiger partial charge in [-0.2, -0.15) is 0 Å². The van der Waals surface area contributed by atoms with Crippen LogP contribution in [-0.2, 0) is 15.5 Å². The second-order valence-corrected chi connectivity index (χ2v) is 8.24. The Labute approximate surface area is 117 Å². The molecule has 0 amide bonds. The number of aromatic nitrogens is 1. The molecule has 5 nitrogen and oxygen atoms in total. The van der Waals surface area contributed by atoms with Crippen molar-refractivity contribution in [2.75, 3.05) is 19.9 Å². The molecule has 0 aliphatic rings. The lowest BCUT2D eigenvalue weighted by Gasteiger charge is -2.02. The fraction of sp³-hybridized carbons (Fsp3) is 0.333. The molecule has 19 heavy (non-hydrogen) atoms. The van der Waals surface area contributed by atoms with Crippen LogP contribution in [0.15, 0.2) is 30.5 Å². The standard InChI is InChI=1S/C10H12N2.C2H8NO2PS/c11-6-5-8-7-12-10-4-2-1-3-9(8)10;1-5-6(3,4)7-2/h1-4,7,12H,5-6,11H2;1-2H3,(H2,3,4). The summed E-state index contributed by atoms with van der Waals surface area (Å²) in [6.07, 6.45) is 4.63. The number of benzene rings is 1. The Morgan fingerprint density at radius 1 is 1.42 bits per heavy atom. The molecule has 0 saturated heterocycles. The fourth-order valence-corrected chi connectivity index (χ4v) is 2.16. The lowest BCUT2D eigenvalue weighted by Crippen LogP contribution is -2.01. The summed E-state index contributed by atoms with van der Waals surface area (Å²) in [6, 6.07) is 8.29. The first-order chi connectivity index (χ1) is 9.04. The molecule has 0 fully saturated rings. The predicted molar refractivity (Wildman–Crippen MR) is 83.4 cm³/mol. The summed E-state index contributed by atoms with van der Waals surface area (Å²) in [5.74, 6) is 0. The lowest BCUT2D eigenvalue weighted by atomic mass is 10.1. The first-order valence-corrected chi connectivity index (χ1v) is 9.31. The summed E-state index contributed by atoms with van der Waals surface area (Å²) in [5.41, 5.74) is 13.0. The molecule has 0 saturated carbocycles. The van der Waals surface area contributed by atoms with Gasteiger partial charge in [0, 0.05) is 24.2 Å². The van der Waals surface area contributed by atoms with Crippen molar-refractivity contribution >= 4 is 29.0 Å². The van der Waals surface area contributed by atoms with Crippen molar-refractivity contribution in [2.45, 2.75) is 6.42 Å². The molecular formula is C12H20N3O2PS. The van der Waals surface area contributed by atoms with Gasteiger partial charge in [0.2, 0.25) is 0 Å². The second-order valence-electron chi connectivity index (χ2n) is 3.80. The van der Waals surface area contributed by atoms with E-state index in [0.29, 0.717) is 6.54 Å². The third kappa shape index (κ3) is 5.01. The van der Waals surface area contributed by atoms with E-state index in [1.807, 2.05) is 12.3 Å². The molecular weight excluding hydrogens is 281 g/mol. The van der Waals surface area contributed by atoms with Crippen LogP contribution in [0.4, 0.5) is 0 Å². The molecule has 0 aliphatic carbocycles. The van der Waals surface area contributed by atoms with Crippen LogP contribution in [0.1, 0.15) is 5.56 Å².